The molecule has 0 bridgehead atoms. The van der Waals surface area contributed by atoms with Crippen LogP contribution in [0.5, 0.6) is 0 Å². The molecule has 0 aliphatic heterocycles. The van der Waals surface area contributed by atoms with Gasteiger partial charge in [-0.25, -0.2) is 0 Å². The number of rotatable bonds is 2. The van der Waals surface area contributed by atoms with Gasteiger partial charge in [-0.15, -0.1) is 0 Å². The molecule has 96 valence electrons. The van der Waals surface area contributed by atoms with Crippen molar-refractivity contribution in [3.05, 3.63) is 34.9 Å². The molecule has 0 saturated carbocycles. The molecular formula is C13H19N5. The predicted molar refractivity (Wildman–Crippen MR) is 72.8 cm³/mol. The molecule has 0 heterocycles. The highest BCUT2D eigenvalue weighted by atomic mass is 15.2. The monoisotopic (exact) mass is 245 g/mol. The molecule has 1 aliphatic rings. The van der Waals surface area contributed by atoms with Crippen molar-refractivity contribution in [3.8, 4) is 0 Å². The van der Waals surface area contributed by atoms with Crippen LogP contribution in [0.25, 0.3) is 0 Å². The predicted octanol–water partition coefficient (Wildman–Crippen LogP) is 1.24. The van der Waals surface area contributed by atoms with E-state index in [1.54, 1.807) is 0 Å². The van der Waals surface area contributed by atoms with Crippen molar-refractivity contribution in [1.82, 2.24) is 10.6 Å². The Bertz CT molecular complexity index is 480. The molecule has 0 aromatic heterocycles. The molecule has 0 spiro atoms. The van der Waals surface area contributed by atoms with E-state index < -0.39 is 0 Å². The Balaban J connectivity index is 2.03. The maximum atomic E-state index is 7.61. The van der Waals surface area contributed by atoms with Crippen molar-refractivity contribution in [2.24, 2.45) is 5.73 Å². The van der Waals surface area contributed by atoms with E-state index in [4.69, 9.17) is 16.6 Å². The standard InChI is InChI=1S/C13H19N5/c1-8(17-13(16)18-12(14)15)10-6-5-9-3-2-4-11(9)7-10/h5-8H,2-4H2,1H3,(H6,14,15,16,17,18). The lowest BCUT2D eigenvalue weighted by atomic mass is 10.0. The van der Waals surface area contributed by atoms with Gasteiger partial charge >= 0.3 is 0 Å². The minimum atomic E-state index is -0.228. The summed E-state index contributed by atoms with van der Waals surface area (Å²) in [6, 6.07) is 6.51. The quantitative estimate of drug-likeness (QED) is 0.400. The minimum absolute atomic E-state index is 0.0234. The summed E-state index contributed by atoms with van der Waals surface area (Å²) in [6.07, 6.45) is 3.57. The van der Waals surface area contributed by atoms with E-state index in [1.165, 1.54) is 24.0 Å². The number of hydrogen-bond acceptors (Lipinski definition) is 2. The second kappa shape index (κ2) is 5.08. The van der Waals surface area contributed by atoms with Gasteiger partial charge in [-0.05, 0) is 42.9 Å². The molecule has 1 aromatic rings. The van der Waals surface area contributed by atoms with E-state index in [2.05, 4.69) is 28.8 Å². The highest BCUT2D eigenvalue weighted by Crippen LogP contribution is 2.25. The van der Waals surface area contributed by atoms with Crippen molar-refractivity contribution in [2.75, 3.05) is 0 Å². The Hall–Kier alpha value is -2.04. The summed E-state index contributed by atoms with van der Waals surface area (Å²) in [7, 11) is 0. The average molecular weight is 245 g/mol. The third-order valence-electron chi connectivity index (χ3n) is 3.24. The van der Waals surface area contributed by atoms with Gasteiger partial charge in [0.05, 0.1) is 6.04 Å². The molecule has 5 nitrogen and oxygen atoms in total. The van der Waals surface area contributed by atoms with Crippen LogP contribution in [0.4, 0.5) is 0 Å². The summed E-state index contributed by atoms with van der Waals surface area (Å²) in [6.45, 7) is 1.99. The zero-order valence-electron chi connectivity index (χ0n) is 10.5. The normalized spacial score (nSPS) is 14.7. The van der Waals surface area contributed by atoms with Gasteiger partial charge in [0.25, 0.3) is 0 Å². The molecule has 1 aromatic carbocycles. The van der Waals surface area contributed by atoms with Crippen LogP contribution in [0.1, 0.15) is 36.1 Å². The maximum Gasteiger partial charge on any atom is 0.195 e. The molecule has 0 saturated heterocycles. The van der Waals surface area contributed by atoms with E-state index in [0.29, 0.717) is 0 Å². The van der Waals surface area contributed by atoms with Gasteiger partial charge < -0.3 is 11.1 Å². The van der Waals surface area contributed by atoms with Crippen molar-refractivity contribution in [1.29, 1.82) is 10.8 Å². The summed E-state index contributed by atoms with van der Waals surface area (Å²) in [5.41, 5.74) is 9.20. The zero-order chi connectivity index (χ0) is 13.1. The van der Waals surface area contributed by atoms with Gasteiger partial charge in [-0.1, -0.05) is 18.2 Å². The summed E-state index contributed by atoms with van der Waals surface area (Å²) < 4.78 is 0. The van der Waals surface area contributed by atoms with Crippen LogP contribution in [-0.2, 0) is 12.8 Å². The van der Waals surface area contributed by atoms with Crippen LogP contribution in [0, 0.1) is 10.8 Å². The van der Waals surface area contributed by atoms with Gasteiger partial charge in [-0.3, -0.25) is 16.1 Å². The number of hydrogen-bond donors (Lipinski definition) is 5. The Morgan fingerprint density at radius 3 is 2.72 bits per heavy atom. The molecule has 0 amide bonds. The summed E-state index contributed by atoms with van der Waals surface area (Å²) in [4.78, 5) is 0. The molecule has 0 radical (unpaired) electrons. The third-order valence-corrected chi connectivity index (χ3v) is 3.24. The molecule has 1 atom stereocenters. The highest BCUT2D eigenvalue weighted by molar-refractivity contribution is 5.94. The number of aryl methyl sites for hydroxylation is 2. The van der Waals surface area contributed by atoms with Crippen LogP contribution < -0.4 is 16.4 Å². The Morgan fingerprint density at radius 2 is 2.00 bits per heavy atom. The highest BCUT2D eigenvalue weighted by Gasteiger charge is 2.14. The summed E-state index contributed by atoms with van der Waals surface area (Å²) in [5, 5.41) is 20.1. The molecule has 18 heavy (non-hydrogen) atoms. The van der Waals surface area contributed by atoms with E-state index in [1.807, 2.05) is 6.92 Å². The van der Waals surface area contributed by atoms with E-state index in [-0.39, 0.29) is 18.0 Å². The van der Waals surface area contributed by atoms with E-state index in [0.717, 1.165) is 12.0 Å². The fourth-order valence-corrected chi connectivity index (χ4v) is 2.33. The van der Waals surface area contributed by atoms with Crippen LogP contribution in [0.2, 0.25) is 0 Å². The summed E-state index contributed by atoms with van der Waals surface area (Å²) in [5.74, 6) is -0.177. The number of benzene rings is 1. The largest absolute Gasteiger partial charge is 0.370 e. The first-order valence-electron chi connectivity index (χ1n) is 6.14. The average Bonchev–Trinajstić information content (AvgIpc) is 2.74. The van der Waals surface area contributed by atoms with Crippen molar-refractivity contribution in [3.63, 3.8) is 0 Å². The molecule has 0 fully saturated rings. The minimum Gasteiger partial charge on any atom is -0.370 e. The lowest BCUT2D eigenvalue weighted by Gasteiger charge is -2.17. The van der Waals surface area contributed by atoms with Crippen molar-refractivity contribution in [2.45, 2.75) is 32.2 Å². The first-order valence-corrected chi connectivity index (χ1v) is 6.14. The second-order valence-electron chi connectivity index (χ2n) is 4.66. The number of guanidine groups is 2. The smallest absolute Gasteiger partial charge is 0.195 e. The molecule has 1 aliphatic carbocycles. The van der Waals surface area contributed by atoms with Gasteiger partial charge in [0, 0.05) is 0 Å². The van der Waals surface area contributed by atoms with Crippen molar-refractivity contribution < 1.29 is 0 Å². The fourth-order valence-electron chi connectivity index (χ4n) is 2.33. The first kappa shape index (κ1) is 12.4. The Kier molecular flexibility index (Phi) is 3.50. The van der Waals surface area contributed by atoms with Crippen LogP contribution in [-0.4, -0.2) is 11.9 Å². The number of nitrogens with one attached hydrogen (secondary N) is 4. The lowest BCUT2D eigenvalue weighted by Crippen LogP contribution is -2.44. The fraction of sp³-hybridized carbons (Fsp3) is 0.385. The molecule has 5 heteroatoms. The summed E-state index contributed by atoms with van der Waals surface area (Å²) >= 11 is 0. The first-order chi connectivity index (χ1) is 8.56. The Morgan fingerprint density at radius 1 is 1.28 bits per heavy atom. The van der Waals surface area contributed by atoms with Crippen LogP contribution in [0.15, 0.2) is 18.2 Å². The van der Waals surface area contributed by atoms with E-state index >= 15 is 0 Å². The zero-order valence-corrected chi connectivity index (χ0v) is 10.5. The lowest BCUT2D eigenvalue weighted by molar-refractivity contribution is 0.700. The topological polar surface area (TPSA) is 97.8 Å². The maximum absolute atomic E-state index is 7.61. The van der Waals surface area contributed by atoms with E-state index in [9.17, 15) is 0 Å². The van der Waals surface area contributed by atoms with Crippen molar-refractivity contribution >= 4 is 11.9 Å². The van der Waals surface area contributed by atoms with Gasteiger partial charge in [0.2, 0.25) is 0 Å². The van der Waals surface area contributed by atoms with Gasteiger partial charge in [0.1, 0.15) is 0 Å². The molecule has 1 unspecified atom stereocenters. The SMILES string of the molecule is CC(NC(=N)NC(=N)N)c1ccc2c(c1)CCC2. The Labute approximate surface area is 107 Å². The molecule has 6 N–H and O–H groups in total. The van der Waals surface area contributed by atoms with Gasteiger partial charge in [0.15, 0.2) is 11.9 Å². The number of nitrogens with two attached hydrogens (primary N) is 1. The third kappa shape index (κ3) is 2.80. The van der Waals surface area contributed by atoms with Crippen LogP contribution >= 0.6 is 0 Å². The van der Waals surface area contributed by atoms with Gasteiger partial charge in [-0.2, -0.15) is 0 Å². The molecular weight excluding hydrogens is 226 g/mol. The number of fused-ring (bicyclic) bond motifs is 1. The molecule has 2 rings (SSSR count). The second-order valence-corrected chi connectivity index (χ2v) is 4.66. The van der Waals surface area contributed by atoms with Crippen LogP contribution in [0.3, 0.4) is 0 Å².